The summed E-state index contributed by atoms with van der Waals surface area (Å²) in [5, 5.41) is 14.4. The van der Waals surface area contributed by atoms with Crippen LogP contribution in [-0.4, -0.2) is 47.5 Å². The number of carbonyl (C=O) groups excluding carboxylic acids is 1. The Kier molecular flexibility index (Phi) is 5.47. The number of aliphatic imine (C=N–C) groups is 1. The molecule has 1 spiro atoms. The van der Waals surface area contributed by atoms with Crippen LogP contribution >= 0.6 is 0 Å². The smallest absolute Gasteiger partial charge is 0.219 e. The van der Waals surface area contributed by atoms with Crippen LogP contribution < -0.4 is 10.1 Å². The summed E-state index contributed by atoms with van der Waals surface area (Å²) in [5.74, 6) is 0.292. The van der Waals surface area contributed by atoms with Gasteiger partial charge in [0.2, 0.25) is 5.91 Å². The van der Waals surface area contributed by atoms with E-state index >= 15 is 0 Å². The number of ether oxygens (including phenoxy) is 1. The topological polar surface area (TPSA) is 74.2 Å². The Bertz CT molecular complexity index is 966. The van der Waals surface area contributed by atoms with Crippen LogP contribution in [0.3, 0.4) is 0 Å². The highest BCUT2D eigenvalue weighted by molar-refractivity contribution is 6.01. The number of carbonyl (C=O) groups is 1. The maximum absolute atomic E-state index is 13.5. The summed E-state index contributed by atoms with van der Waals surface area (Å²) in [6, 6.07) is 11.6. The average molecular weight is 411 g/mol. The van der Waals surface area contributed by atoms with Gasteiger partial charge in [0.05, 0.1) is 7.11 Å². The lowest BCUT2D eigenvalue weighted by atomic mass is 9.87. The van der Waals surface area contributed by atoms with Gasteiger partial charge in [-0.25, -0.2) is 4.39 Å². The molecule has 2 aliphatic heterocycles. The van der Waals surface area contributed by atoms with E-state index in [4.69, 9.17) is 9.73 Å². The molecule has 0 unspecified atom stereocenters. The van der Waals surface area contributed by atoms with E-state index in [2.05, 4.69) is 5.32 Å². The first-order valence-corrected chi connectivity index (χ1v) is 10.1. The highest BCUT2D eigenvalue weighted by Gasteiger charge is 2.41. The van der Waals surface area contributed by atoms with Crippen molar-refractivity contribution in [3.05, 3.63) is 59.4 Å². The molecule has 0 aromatic heterocycles. The van der Waals surface area contributed by atoms with Crippen LogP contribution in [0, 0.1) is 5.82 Å². The van der Waals surface area contributed by atoms with Gasteiger partial charge in [-0.05, 0) is 23.8 Å². The van der Waals surface area contributed by atoms with Gasteiger partial charge in [0.1, 0.15) is 11.5 Å². The van der Waals surface area contributed by atoms with Crippen LogP contribution in [0.4, 0.5) is 4.39 Å². The van der Waals surface area contributed by atoms with Crippen molar-refractivity contribution in [1.29, 1.82) is 0 Å². The molecule has 2 aliphatic rings. The van der Waals surface area contributed by atoms with Crippen molar-refractivity contribution in [3.63, 3.8) is 0 Å². The Morgan fingerprint density at radius 1 is 1.23 bits per heavy atom. The van der Waals surface area contributed by atoms with E-state index in [0.29, 0.717) is 38.1 Å². The molecule has 2 aromatic rings. The van der Waals surface area contributed by atoms with Crippen molar-refractivity contribution in [2.24, 2.45) is 4.99 Å². The van der Waals surface area contributed by atoms with Gasteiger partial charge < -0.3 is 14.7 Å². The quantitative estimate of drug-likeness (QED) is 0.812. The molecule has 4 rings (SSSR count). The van der Waals surface area contributed by atoms with E-state index < -0.39 is 5.66 Å². The van der Waals surface area contributed by atoms with Crippen LogP contribution in [-0.2, 0) is 4.79 Å². The zero-order chi connectivity index (χ0) is 21.3. The molecule has 1 saturated heterocycles. The van der Waals surface area contributed by atoms with Crippen LogP contribution in [0.2, 0.25) is 0 Å². The number of para-hydroxylation sites is 1. The monoisotopic (exact) mass is 411 g/mol. The molecule has 2 aromatic carbocycles. The van der Waals surface area contributed by atoms with Gasteiger partial charge in [0.25, 0.3) is 0 Å². The van der Waals surface area contributed by atoms with Gasteiger partial charge in [-0.3, -0.25) is 15.1 Å². The van der Waals surface area contributed by atoms with Crippen molar-refractivity contribution in [1.82, 2.24) is 10.2 Å². The number of nitrogens with one attached hydrogen (secondary N) is 1. The third-order valence-electron chi connectivity index (χ3n) is 6.03. The molecule has 2 N–H and O–H groups in total. The minimum Gasteiger partial charge on any atom is -0.504 e. The first-order chi connectivity index (χ1) is 14.4. The van der Waals surface area contributed by atoms with Gasteiger partial charge >= 0.3 is 0 Å². The molecular formula is C23H26FN3O3. The second kappa shape index (κ2) is 8.07. The summed E-state index contributed by atoms with van der Waals surface area (Å²) >= 11 is 0. The Morgan fingerprint density at radius 3 is 2.57 bits per heavy atom. The Labute approximate surface area is 175 Å². The van der Waals surface area contributed by atoms with Crippen LogP contribution in [0.25, 0.3) is 0 Å². The number of nitrogens with zero attached hydrogens (tertiary/aromatic N) is 2. The minimum atomic E-state index is -0.548. The summed E-state index contributed by atoms with van der Waals surface area (Å²) in [7, 11) is 1.53. The van der Waals surface area contributed by atoms with Crippen LogP contribution in [0.5, 0.6) is 11.5 Å². The average Bonchev–Trinajstić information content (AvgIpc) is 2.74. The van der Waals surface area contributed by atoms with E-state index in [1.54, 1.807) is 25.1 Å². The third kappa shape index (κ3) is 3.89. The molecule has 1 atom stereocenters. The van der Waals surface area contributed by atoms with E-state index in [1.165, 1.54) is 19.2 Å². The number of piperidine rings is 1. The molecule has 1 fully saturated rings. The predicted molar refractivity (Wildman–Crippen MR) is 112 cm³/mol. The molecule has 7 heteroatoms. The zero-order valence-electron chi connectivity index (χ0n) is 17.2. The number of phenols is 1. The second-order valence-corrected chi connectivity index (χ2v) is 7.90. The lowest BCUT2D eigenvalue weighted by molar-refractivity contribution is -0.130. The fourth-order valence-electron chi connectivity index (χ4n) is 4.35. The maximum Gasteiger partial charge on any atom is 0.219 e. The molecule has 30 heavy (non-hydrogen) atoms. The Hall–Kier alpha value is -2.93. The molecule has 0 aliphatic carbocycles. The number of amides is 1. The number of phenolic OH excluding ortho intramolecular Hbond substituents is 1. The second-order valence-electron chi connectivity index (χ2n) is 7.90. The van der Waals surface area contributed by atoms with Crippen LogP contribution in [0.15, 0.2) is 47.5 Å². The SMILES string of the molecule is COc1cccc([C@@H]2CC(c3ccc(F)cc3)=NC3(CCN(C(C)=O)CC3)N2)c1O. The maximum atomic E-state index is 13.5. The number of hydrogen-bond acceptors (Lipinski definition) is 5. The number of halogens is 1. The lowest BCUT2D eigenvalue weighted by Crippen LogP contribution is -2.56. The normalized spacial score (nSPS) is 20.7. The third-order valence-corrected chi connectivity index (χ3v) is 6.03. The Balaban J connectivity index is 1.72. The van der Waals surface area contributed by atoms with E-state index in [9.17, 15) is 14.3 Å². The summed E-state index contributed by atoms with van der Waals surface area (Å²) in [6.45, 7) is 2.80. The molecule has 0 bridgehead atoms. The Morgan fingerprint density at radius 2 is 1.93 bits per heavy atom. The molecule has 0 saturated carbocycles. The first kappa shape index (κ1) is 20.3. The highest BCUT2D eigenvalue weighted by atomic mass is 19.1. The minimum absolute atomic E-state index is 0.0605. The van der Waals surface area contributed by atoms with Crippen molar-refractivity contribution in [2.45, 2.75) is 37.9 Å². The lowest BCUT2D eigenvalue weighted by Gasteiger charge is -2.45. The number of hydrogen-bond donors (Lipinski definition) is 2. The van der Waals surface area contributed by atoms with Gasteiger partial charge in [0, 0.05) is 56.6 Å². The molecule has 0 radical (unpaired) electrons. The standard InChI is InChI=1S/C23H26FN3O3/c1-15(28)27-12-10-23(11-13-27)25-19(16-6-8-17(24)9-7-16)14-20(26-23)18-4-3-5-21(30-2)22(18)29/h3-9,20,26,29H,10-14H2,1-2H3/t20-/m0/s1. The fraction of sp³-hybridized carbons (Fsp3) is 0.391. The molecule has 2 heterocycles. The highest BCUT2D eigenvalue weighted by Crippen LogP contribution is 2.40. The van der Waals surface area contributed by atoms with E-state index in [1.807, 2.05) is 17.0 Å². The van der Waals surface area contributed by atoms with E-state index in [0.717, 1.165) is 16.8 Å². The number of aromatic hydroxyl groups is 1. The largest absolute Gasteiger partial charge is 0.504 e. The molecular weight excluding hydrogens is 385 g/mol. The summed E-state index contributed by atoms with van der Waals surface area (Å²) in [4.78, 5) is 18.6. The number of benzene rings is 2. The van der Waals surface area contributed by atoms with Gasteiger partial charge in [-0.2, -0.15) is 0 Å². The molecule has 1 amide bonds. The number of likely N-dealkylation sites (tertiary alicyclic amines) is 1. The van der Waals surface area contributed by atoms with Gasteiger partial charge in [0.15, 0.2) is 11.5 Å². The van der Waals surface area contributed by atoms with Gasteiger partial charge in [-0.15, -0.1) is 0 Å². The van der Waals surface area contributed by atoms with Crippen LogP contribution in [0.1, 0.15) is 43.4 Å². The summed E-state index contributed by atoms with van der Waals surface area (Å²) < 4.78 is 18.7. The van der Waals surface area contributed by atoms with Gasteiger partial charge in [-0.1, -0.05) is 24.3 Å². The predicted octanol–water partition coefficient (Wildman–Crippen LogP) is 3.40. The molecule has 158 valence electrons. The fourth-order valence-corrected chi connectivity index (χ4v) is 4.35. The summed E-state index contributed by atoms with van der Waals surface area (Å²) in [6.07, 6.45) is 1.88. The van der Waals surface area contributed by atoms with Crippen molar-refractivity contribution >= 4 is 11.6 Å². The summed E-state index contributed by atoms with van der Waals surface area (Å²) in [5.41, 5.74) is 1.90. The number of methoxy groups -OCH3 is 1. The number of rotatable bonds is 3. The van der Waals surface area contributed by atoms with E-state index in [-0.39, 0.29) is 23.5 Å². The van der Waals surface area contributed by atoms with Crippen molar-refractivity contribution in [2.75, 3.05) is 20.2 Å². The van der Waals surface area contributed by atoms with Crippen molar-refractivity contribution < 1.29 is 19.0 Å². The molecule has 6 nitrogen and oxygen atoms in total. The van der Waals surface area contributed by atoms with Crippen molar-refractivity contribution in [3.8, 4) is 11.5 Å². The first-order valence-electron chi connectivity index (χ1n) is 10.1. The zero-order valence-corrected chi connectivity index (χ0v) is 17.2.